The number of pyridine rings is 1. The normalized spacial score (nSPS) is 19.1. The van der Waals surface area contributed by atoms with Gasteiger partial charge in [0.05, 0.1) is 10.3 Å². The molecule has 3 rings (SSSR count). The highest BCUT2D eigenvalue weighted by Gasteiger charge is 2.17. The summed E-state index contributed by atoms with van der Waals surface area (Å²) in [6, 6.07) is 5.39. The molecule has 6 nitrogen and oxygen atoms in total. The molecule has 2 N–H and O–H groups in total. The summed E-state index contributed by atoms with van der Waals surface area (Å²) in [7, 11) is 0. The van der Waals surface area contributed by atoms with Crippen molar-refractivity contribution in [1.82, 2.24) is 10.3 Å². The van der Waals surface area contributed by atoms with E-state index in [4.69, 9.17) is 0 Å². The van der Waals surface area contributed by atoms with Gasteiger partial charge in [0.25, 0.3) is 5.69 Å². The van der Waals surface area contributed by atoms with E-state index in [9.17, 15) is 10.1 Å². The van der Waals surface area contributed by atoms with Gasteiger partial charge in [-0.3, -0.25) is 15.1 Å². The van der Waals surface area contributed by atoms with Gasteiger partial charge >= 0.3 is 0 Å². The number of nitrogens with zero attached hydrogens (tertiary/aromatic N) is 2. The molecule has 1 aliphatic heterocycles. The lowest BCUT2D eigenvalue weighted by Gasteiger charge is -2.19. The highest BCUT2D eigenvalue weighted by Crippen LogP contribution is 2.31. The molecular weight excluding hydrogens is 268 g/mol. The standard InChI is InChI=1S/C15H18N4O2/c20-19(21)15-5-4-14(13-10-17-8-6-12(13)15)18-11-3-1-2-7-16-9-11/h4-6,8,10-11,16,18H,1-3,7,9H2. The van der Waals surface area contributed by atoms with Gasteiger partial charge in [-0.1, -0.05) is 6.42 Å². The van der Waals surface area contributed by atoms with Gasteiger partial charge in [-0.05, 0) is 31.5 Å². The molecule has 2 aromatic rings. The summed E-state index contributed by atoms with van der Waals surface area (Å²) in [4.78, 5) is 14.9. The fraction of sp³-hybridized carbons (Fsp3) is 0.400. The van der Waals surface area contributed by atoms with Crippen LogP contribution in [-0.4, -0.2) is 29.0 Å². The summed E-state index contributed by atoms with van der Waals surface area (Å²) >= 11 is 0. The summed E-state index contributed by atoms with van der Waals surface area (Å²) in [5.74, 6) is 0. The molecule has 1 fully saturated rings. The van der Waals surface area contributed by atoms with Gasteiger partial charge in [0.15, 0.2) is 0 Å². The van der Waals surface area contributed by atoms with E-state index in [1.807, 2.05) is 0 Å². The number of fused-ring (bicyclic) bond motifs is 1. The Labute approximate surface area is 122 Å². The molecule has 0 amide bonds. The number of nitrogens with one attached hydrogen (secondary N) is 2. The van der Waals surface area contributed by atoms with Crippen LogP contribution in [0.15, 0.2) is 30.6 Å². The van der Waals surface area contributed by atoms with Gasteiger partial charge in [0.1, 0.15) is 0 Å². The smallest absolute Gasteiger partial charge is 0.277 e. The number of benzene rings is 1. The van der Waals surface area contributed by atoms with Crippen LogP contribution in [0, 0.1) is 10.1 Å². The van der Waals surface area contributed by atoms with E-state index in [0.717, 1.165) is 30.6 Å². The molecule has 0 aliphatic carbocycles. The predicted molar refractivity (Wildman–Crippen MR) is 82.5 cm³/mol. The van der Waals surface area contributed by atoms with E-state index in [-0.39, 0.29) is 10.6 Å². The molecule has 2 heterocycles. The number of hydrogen-bond donors (Lipinski definition) is 2. The van der Waals surface area contributed by atoms with Gasteiger partial charge in [0, 0.05) is 42.1 Å². The minimum atomic E-state index is -0.348. The van der Waals surface area contributed by atoms with Crippen molar-refractivity contribution in [2.45, 2.75) is 25.3 Å². The predicted octanol–water partition coefficient (Wildman–Crippen LogP) is 2.70. The molecule has 6 heteroatoms. The number of anilines is 1. The quantitative estimate of drug-likeness (QED) is 0.670. The molecule has 1 unspecified atom stereocenters. The summed E-state index contributed by atoms with van der Waals surface area (Å²) in [6.07, 6.45) is 6.77. The van der Waals surface area contributed by atoms with Crippen molar-refractivity contribution in [3.8, 4) is 0 Å². The molecule has 0 saturated carbocycles. The maximum absolute atomic E-state index is 11.1. The molecule has 0 radical (unpaired) electrons. The van der Waals surface area contributed by atoms with E-state index >= 15 is 0 Å². The third-order valence-corrected chi connectivity index (χ3v) is 3.90. The minimum Gasteiger partial charge on any atom is -0.380 e. The minimum absolute atomic E-state index is 0.122. The Morgan fingerprint density at radius 2 is 2.19 bits per heavy atom. The van der Waals surface area contributed by atoms with Gasteiger partial charge in [-0.25, -0.2) is 0 Å². The number of nitro benzene ring substituents is 1. The van der Waals surface area contributed by atoms with Crippen LogP contribution in [0.4, 0.5) is 11.4 Å². The molecule has 1 aliphatic rings. The Morgan fingerprint density at radius 3 is 3.05 bits per heavy atom. The van der Waals surface area contributed by atoms with Crippen molar-refractivity contribution < 1.29 is 4.92 Å². The van der Waals surface area contributed by atoms with E-state index in [2.05, 4.69) is 15.6 Å². The van der Waals surface area contributed by atoms with Gasteiger partial charge in [-0.15, -0.1) is 0 Å². The lowest BCUT2D eigenvalue weighted by Crippen LogP contribution is -2.30. The van der Waals surface area contributed by atoms with Crippen molar-refractivity contribution in [3.05, 3.63) is 40.7 Å². The Bertz CT molecular complexity index is 651. The second-order valence-corrected chi connectivity index (χ2v) is 5.35. The maximum Gasteiger partial charge on any atom is 0.277 e. The number of hydrogen-bond acceptors (Lipinski definition) is 5. The fourth-order valence-electron chi connectivity index (χ4n) is 2.82. The van der Waals surface area contributed by atoms with Gasteiger partial charge in [0.2, 0.25) is 0 Å². The van der Waals surface area contributed by atoms with Crippen LogP contribution in [0.3, 0.4) is 0 Å². The highest BCUT2D eigenvalue weighted by molar-refractivity contribution is 5.99. The molecule has 21 heavy (non-hydrogen) atoms. The molecule has 1 atom stereocenters. The van der Waals surface area contributed by atoms with Crippen molar-refractivity contribution in [2.75, 3.05) is 18.4 Å². The van der Waals surface area contributed by atoms with Crippen molar-refractivity contribution >= 4 is 22.1 Å². The molecule has 0 spiro atoms. The van der Waals surface area contributed by atoms with Crippen molar-refractivity contribution in [3.63, 3.8) is 0 Å². The number of nitro groups is 1. The van der Waals surface area contributed by atoms with Crippen LogP contribution in [0.2, 0.25) is 0 Å². The Hall–Kier alpha value is -2.21. The van der Waals surface area contributed by atoms with Gasteiger partial charge < -0.3 is 10.6 Å². The van der Waals surface area contributed by atoms with Crippen molar-refractivity contribution in [1.29, 1.82) is 0 Å². The number of non-ortho nitro benzene ring substituents is 1. The third-order valence-electron chi connectivity index (χ3n) is 3.90. The fourth-order valence-corrected chi connectivity index (χ4v) is 2.82. The summed E-state index contributed by atoms with van der Waals surface area (Å²) in [6.45, 7) is 1.97. The SMILES string of the molecule is O=[N+]([O-])c1ccc(NC2CCCCNC2)c2cnccc12. The summed E-state index contributed by atoms with van der Waals surface area (Å²) < 4.78 is 0. The van der Waals surface area contributed by atoms with Crippen LogP contribution in [-0.2, 0) is 0 Å². The van der Waals surface area contributed by atoms with E-state index in [1.165, 1.54) is 12.8 Å². The second kappa shape index (κ2) is 6.05. The summed E-state index contributed by atoms with van der Waals surface area (Å²) in [5.41, 5.74) is 1.04. The second-order valence-electron chi connectivity index (χ2n) is 5.35. The zero-order valence-corrected chi connectivity index (χ0v) is 11.7. The lowest BCUT2D eigenvalue weighted by molar-refractivity contribution is -0.383. The maximum atomic E-state index is 11.1. The molecule has 0 bridgehead atoms. The Morgan fingerprint density at radius 1 is 1.29 bits per heavy atom. The van der Waals surface area contributed by atoms with Gasteiger partial charge in [-0.2, -0.15) is 0 Å². The molecule has 1 aromatic carbocycles. The first-order valence-electron chi connectivity index (χ1n) is 7.24. The zero-order valence-electron chi connectivity index (χ0n) is 11.7. The Balaban J connectivity index is 1.95. The van der Waals surface area contributed by atoms with Crippen LogP contribution in [0.1, 0.15) is 19.3 Å². The van der Waals surface area contributed by atoms with E-state index in [0.29, 0.717) is 11.4 Å². The largest absolute Gasteiger partial charge is 0.380 e. The van der Waals surface area contributed by atoms with Crippen LogP contribution < -0.4 is 10.6 Å². The monoisotopic (exact) mass is 286 g/mol. The summed E-state index contributed by atoms with van der Waals surface area (Å²) in [5, 5.41) is 19.5. The van der Waals surface area contributed by atoms with Crippen molar-refractivity contribution in [2.24, 2.45) is 0 Å². The Kier molecular flexibility index (Phi) is 3.96. The topological polar surface area (TPSA) is 80.1 Å². The first-order chi connectivity index (χ1) is 10.3. The van der Waals surface area contributed by atoms with Crippen LogP contribution in [0.5, 0.6) is 0 Å². The third kappa shape index (κ3) is 2.95. The lowest BCUT2D eigenvalue weighted by atomic mass is 10.1. The average Bonchev–Trinajstić information content (AvgIpc) is 2.76. The first kappa shape index (κ1) is 13.8. The average molecular weight is 286 g/mol. The zero-order chi connectivity index (χ0) is 14.7. The van der Waals surface area contributed by atoms with E-state index < -0.39 is 0 Å². The number of aromatic nitrogens is 1. The molecule has 110 valence electrons. The van der Waals surface area contributed by atoms with E-state index in [1.54, 1.807) is 30.6 Å². The molecule has 1 aromatic heterocycles. The first-order valence-corrected chi connectivity index (χ1v) is 7.24. The number of rotatable bonds is 3. The van der Waals surface area contributed by atoms with Crippen LogP contribution in [0.25, 0.3) is 10.8 Å². The molecule has 1 saturated heterocycles. The van der Waals surface area contributed by atoms with Crippen LogP contribution >= 0.6 is 0 Å². The molecular formula is C15H18N4O2. The highest BCUT2D eigenvalue weighted by atomic mass is 16.6.